The van der Waals surface area contributed by atoms with Gasteiger partial charge in [-0.3, -0.25) is 0 Å². The lowest BCUT2D eigenvalue weighted by Crippen LogP contribution is -2.02. The second-order valence-corrected chi connectivity index (χ2v) is 6.03. The van der Waals surface area contributed by atoms with Gasteiger partial charge in [0.05, 0.1) is 0 Å². The minimum Gasteiger partial charge on any atom is -0.207 e. The van der Waals surface area contributed by atoms with E-state index in [-0.39, 0.29) is 5.82 Å². The van der Waals surface area contributed by atoms with E-state index in [1.807, 2.05) is 0 Å². The normalized spacial score (nSPS) is 17.4. The standard InChI is InChI=1S/C13H15BrClF/c14-11(9-7-8-9)4-1-3-10-12(15)5-2-6-13(10)16/h2,5-6,9,11H,1,3-4,7-8H2. The third kappa shape index (κ3) is 3.21. The Kier molecular flexibility index (Phi) is 4.26. The van der Waals surface area contributed by atoms with Crippen LogP contribution in [0, 0.1) is 11.7 Å². The highest BCUT2D eigenvalue weighted by Gasteiger charge is 2.28. The number of alkyl halides is 1. The molecule has 1 aliphatic carbocycles. The van der Waals surface area contributed by atoms with Crippen LogP contribution in [0.3, 0.4) is 0 Å². The Morgan fingerprint density at radius 1 is 1.44 bits per heavy atom. The zero-order valence-corrected chi connectivity index (χ0v) is 11.4. The molecule has 2 rings (SSSR count). The molecule has 0 nitrogen and oxygen atoms in total. The van der Waals surface area contributed by atoms with Crippen LogP contribution in [0.1, 0.15) is 31.2 Å². The minimum absolute atomic E-state index is 0.176. The Morgan fingerprint density at radius 2 is 2.19 bits per heavy atom. The quantitative estimate of drug-likeness (QED) is 0.673. The Labute approximate surface area is 109 Å². The zero-order chi connectivity index (χ0) is 11.5. The monoisotopic (exact) mass is 304 g/mol. The van der Waals surface area contributed by atoms with Crippen LogP contribution in [0.25, 0.3) is 0 Å². The van der Waals surface area contributed by atoms with Crippen LogP contribution in [-0.2, 0) is 6.42 Å². The summed E-state index contributed by atoms with van der Waals surface area (Å²) in [5.41, 5.74) is 0.666. The molecule has 3 heteroatoms. The van der Waals surface area contributed by atoms with E-state index in [1.165, 1.54) is 18.9 Å². The topological polar surface area (TPSA) is 0 Å². The molecular weight excluding hydrogens is 290 g/mol. The minimum atomic E-state index is -0.176. The van der Waals surface area contributed by atoms with E-state index in [0.29, 0.717) is 15.4 Å². The van der Waals surface area contributed by atoms with E-state index in [1.54, 1.807) is 12.1 Å². The lowest BCUT2D eigenvalue weighted by atomic mass is 10.1. The van der Waals surface area contributed by atoms with Gasteiger partial charge in [-0.1, -0.05) is 33.6 Å². The lowest BCUT2D eigenvalue weighted by molar-refractivity contribution is 0.592. The molecule has 0 radical (unpaired) electrons. The fourth-order valence-corrected chi connectivity index (χ4v) is 3.05. The molecule has 1 aromatic rings. The van der Waals surface area contributed by atoms with Crippen molar-refractivity contribution in [2.45, 2.75) is 36.9 Å². The fraction of sp³-hybridized carbons (Fsp3) is 0.538. The average Bonchev–Trinajstić information content (AvgIpc) is 3.05. The van der Waals surface area contributed by atoms with Crippen molar-refractivity contribution in [3.63, 3.8) is 0 Å². The van der Waals surface area contributed by atoms with E-state index in [4.69, 9.17) is 11.6 Å². The maximum Gasteiger partial charge on any atom is 0.127 e. The summed E-state index contributed by atoms with van der Waals surface area (Å²) in [6.07, 6.45) is 5.52. The van der Waals surface area contributed by atoms with Gasteiger partial charge in [-0.2, -0.15) is 0 Å². The summed E-state index contributed by atoms with van der Waals surface area (Å²) >= 11 is 9.66. The van der Waals surface area contributed by atoms with Crippen LogP contribution < -0.4 is 0 Å². The van der Waals surface area contributed by atoms with Crippen LogP contribution in [0.5, 0.6) is 0 Å². The van der Waals surface area contributed by atoms with E-state index >= 15 is 0 Å². The smallest absolute Gasteiger partial charge is 0.127 e. The maximum atomic E-state index is 13.4. The van der Waals surface area contributed by atoms with Crippen LogP contribution in [0.15, 0.2) is 18.2 Å². The molecule has 1 aliphatic rings. The molecule has 0 spiro atoms. The van der Waals surface area contributed by atoms with E-state index < -0.39 is 0 Å². The first kappa shape index (κ1) is 12.4. The molecule has 0 N–H and O–H groups in total. The molecule has 1 aromatic carbocycles. The van der Waals surface area contributed by atoms with Gasteiger partial charge < -0.3 is 0 Å². The Balaban J connectivity index is 1.84. The first-order valence-corrected chi connectivity index (χ1v) is 7.05. The summed E-state index contributed by atoms with van der Waals surface area (Å²) in [5, 5.41) is 0.553. The van der Waals surface area contributed by atoms with Gasteiger partial charge in [0.1, 0.15) is 5.82 Å². The van der Waals surface area contributed by atoms with Crippen molar-refractivity contribution in [1.82, 2.24) is 0 Å². The summed E-state index contributed by atoms with van der Waals surface area (Å²) in [6, 6.07) is 4.89. The molecule has 88 valence electrons. The molecule has 0 aliphatic heterocycles. The highest BCUT2D eigenvalue weighted by Crippen LogP contribution is 2.39. The summed E-state index contributed by atoms with van der Waals surface area (Å²) in [7, 11) is 0. The molecule has 1 saturated carbocycles. The van der Waals surface area contributed by atoms with E-state index in [0.717, 1.165) is 25.2 Å². The average molecular weight is 306 g/mol. The van der Waals surface area contributed by atoms with Crippen molar-refractivity contribution in [1.29, 1.82) is 0 Å². The number of halogens is 3. The zero-order valence-electron chi connectivity index (χ0n) is 9.06. The molecule has 0 amide bonds. The van der Waals surface area contributed by atoms with E-state index in [2.05, 4.69) is 15.9 Å². The van der Waals surface area contributed by atoms with Crippen molar-refractivity contribution >= 4 is 27.5 Å². The Morgan fingerprint density at radius 3 is 2.81 bits per heavy atom. The third-order valence-electron chi connectivity index (χ3n) is 3.10. The number of hydrogen-bond acceptors (Lipinski definition) is 0. The molecule has 0 bridgehead atoms. The highest BCUT2D eigenvalue weighted by molar-refractivity contribution is 9.09. The van der Waals surface area contributed by atoms with Crippen LogP contribution in [0.4, 0.5) is 4.39 Å². The summed E-state index contributed by atoms with van der Waals surface area (Å²) in [5.74, 6) is 0.682. The predicted octanol–water partition coefficient (Wildman–Crippen LogP) is 4.98. The molecule has 1 atom stereocenters. The molecular formula is C13H15BrClF. The highest BCUT2D eigenvalue weighted by atomic mass is 79.9. The second kappa shape index (κ2) is 5.50. The van der Waals surface area contributed by atoms with Crippen molar-refractivity contribution in [2.75, 3.05) is 0 Å². The first-order valence-electron chi connectivity index (χ1n) is 5.75. The van der Waals surface area contributed by atoms with Gasteiger partial charge in [0.2, 0.25) is 0 Å². The largest absolute Gasteiger partial charge is 0.207 e. The number of hydrogen-bond donors (Lipinski definition) is 0. The third-order valence-corrected chi connectivity index (χ3v) is 4.66. The molecule has 0 saturated heterocycles. The lowest BCUT2D eigenvalue weighted by Gasteiger charge is -2.09. The summed E-state index contributed by atoms with van der Waals surface area (Å²) < 4.78 is 13.4. The van der Waals surface area contributed by atoms with Crippen LogP contribution in [0.2, 0.25) is 5.02 Å². The van der Waals surface area contributed by atoms with E-state index in [9.17, 15) is 4.39 Å². The van der Waals surface area contributed by atoms with Gasteiger partial charge in [-0.05, 0) is 50.2 Å². The Hall–Kier alpha value is -0.0800. The van der Waals surface area contributed by atoms with Gasteiger partial charge in [-0.25, -0.2) is 4.39 Å². The van der Waals surface area contributed by atoms with Gasteiger partial charge in [0, 0.05) is 15.4 Å². The SMILES string of the molecule is Fc1cccc(Cl)c1CCCC(Br)C1CC1. The van der Waals surface area contributed by atoms with Crippen molar-refractivity contribution in [3.05, 3.63) is 34.6 Å². The van der Waals surface area contributed by atoms with Crippen LogP contribution in [-0.4, -0.2) is 4.83 Å². The fourth-order valence-electron chi connectivity index (χ4n) is 1.94. The number of rotatable bonds is 5. The van der Waals surface area contributed by atoms with Gasteiger partial charge in [-0.15, -0.1) is 0 Å². The van der Waals surface area contributed by atoms with Crippen molar-refractivity contribution in [3.8, 4) is 0 Å². The van der Waals surface area contributed by atoms with Crippen LogP contribution >= 0.6 is 27.5 Å². The molecule has 1 unspecified atom stereocenters. The Bertz CT molecular complexity index is 343. The van der Waals surface area contributed by atoms with Gasteiger partial charge >= 0.3 is 0 Å². The predicted molar refractivity (Wildman–Crippen MR) is 69.8 cm³/mol. The second-order valence-electron chi connectivity index (χ2n) is 4.45. The van der Waals surface area contributed by atoms with Crippen molar-refractivity contribution < 1.29 is 4.39 Å². The molecule has 1 fully saturated rings. The summed E-state index contributed by atoms with van der Waals surface area (Å²) in [6.45, 7) is 0. The molecule has 0 heterocycles. The molecule has 16 heavy (non-hydrogen) atoms. The van der Waals surface area contributed by atoms with Gasteiger partial charge in [0.15, 0.2) is 0 Å². The first-order chi connectivity index (χ1) is 7.68. The molecule has 0 aromatic heterocycles. The van der Waals surface area contributed by atoms with Crippen molar-refractivity contribution in [2.24, 2.45) is 5.92 Å². The summed E-state index contributed by atoms with van der Waals surface area (Å²) in [4.78, 5) is 0.609. The van der Waals surface area contributed by atoms with Gasteiger partial charge in [0.25, 0.3) is 0 Å². The number of benzene rings is 1. The maximum absolute atomic E-state index is 13.4.